The summed E-state index contributed by atoms with van der Waals surface area (Å²) in [7, 11) is 0. The Hall–Kier alpha value is -0.850. The number of rotatable bonds is 4. The average molecular weight is 351 g/mol. The highest BCUT2D eigenvalue weighted by Crippen LogP contribution is 2.06. The number of hydrogen-bond acceptors (Lipinski definition) is 1. The van der Waals surface area contributed by atoms with E-state index < -0.39 is 0 Å². The van der Waals surface area contributed by atoms with Gasteiger partial charge in [0, 0.05) is 12.6 Å². The molecule has 0 radical (unpaired) electrons. The normalized spacial score (nSPS) is 11.2. The van der Waals surface area contributed by atoms with E-state index in [0.29, 0.717) is 24.5 Å². The number of hydrogen-bond donors (Lipinski definition) is 2. The predicted molar refractivity (Wildman–Crippen MR) is 80.3 cm³/mol. The van der Waals surface area contributed by atoms with E-state index in [9.17, 15) is 4.39 Å². The summed E-state index contributed by atoms with van der Waals surface area (Å²) in [5.74, 6) is 0.222. The van der Waals surface area contributed by atoms with Crippen molar-refractivity contribution in [1.82, 2.24) is 5.32 Å². The molecule has 0 bridgehead atoms. The van der Waals surface area contributed by atoms with Crippen molar-refractivity contribution >= 4 is 29.9 Å². The van der Waals surface area contributed by atoms with Gasteiger partial charge < -0.3 is 11.1 Å². The van der Waals surface area contributed by atoms with E-state index in [0.717, 1.165) is 0 Å². The molecule has 96 valence electrons. The molecule has 5 heteroatoms. The van der Waals surface area contributed by atoms with E-state index in [4.69, 9.17) is 5.73 Å². The second-order valence-electron chi connectivity index (χ2n) is 3.91. The summed E-state index contributed by atoms with van der Waals surface area (Å²) < 4.78 is 13.2. The number of aliphatic imine (C=N–C) groups is 1. The zero-order chi connectivity index (χ0) is 12.0. The number of guanidine groups is 1. The first-order valence-electron chi connectivity index (χ1n) is 5.39. The van der Waals surface area contributed by atoms with Gasteiger partial charge in [-0.25, -0.2) is 4.39 Å². The SMILES string of the molecule is CC(C)NC(N)=NCCc1ccccc1F.I. The van der Waals surface area contributed by atoms with Crippen molar-refractivity contribution in [3.05, 3.63) is 35.6 Å². The van der Waals surface area contributed by atoms with Gasteiger partial charge in [0.15, 0.2) is 5.96 Å². The van der Waals surface area contributed by atoms with Crippen LogP contribution in [0.2, 0.25) is 0 Å². The second kappa shape index (κ2) is 8.27. The van der Waals surface area contributed by atoms with Gasteiger partial charge in [-0.3, -0.25) is 4.99 Å². The van der Waals surface area contributed by atoms with E-state index in [-0.39, 0.29) is 35.8 Å². The summed E-state index contributed by atoms with van der Waals surface area (Å²) >= 11 is 0. The molecule has 0 aromatic heterocycles. The summed E-state index contributed by atoms with van der Waals surface area (Å²) in [5.41, 5.74) is 6.29. The summed E-state index contributed by atoms with van der Waals surface area (Å²) in [5, 5.41) is 2.98. The first kappa shape index (κ1) is 16.1. The molecule has 1 aromatic rings. The largest absolute Gasteiger partial charge is 0.370 e. The van der Waals surface area contributed by atoms with Crippen molar-refractivity contribution in [3.8, 4) is 0 Å². The molecule has 0 spiro atoms. The van der Waals surface area contributed by atoms with E-state index in [1.54, 1.807) is 12.1 Å². The Bertz CT molecular complexity index is 367. The minimum atomic E-state index is -0.187. The monoisotopic (exact) mass is 351 g/mol. The fourth-order valence-electron chi connectivity index (χ4n) is 1.34. The molecule has 0 atom stereocenters. The third-order valence-corrected chi connectivity index (χ3v) is 2.06. The number of nitrogens with two attached hydrogens (primary N) is 1. The van der Waals surface area contributed by atoms with Crippen molar-refractivity contribution in [2.75, 3.05) is 6.54 Å². The standard InChI is InChI=1S/C12H18FN3.HI/c1-9(2)16-12(14)15-8-7-10-5-3-4-6-11(10)13;/h3-6,9H,7-8H2,1-2H3,(H3,14,15,16);1H. The Kier molecular flexibility index (Phi) is 7.86. The van der Waals surface area contributed by atoms with Crippen LogP contribution in [0, 0.1) is 5.82 Å². The molecule has 0 aliphatic carbocycles. The van der Waals surface area contributed by atoms with E-state index >= 15 is 0 Å². The molecule has 1 rings (SSSR count). The maximum atomic E-state index is 13.2. The maximum absolute atomic E-state index is 13.2. The Balaban J connectivity index is 0.00000256. The highest BCUT2D eigenvalue weighted by atomic mass is 127. The third kappa shape index (κ3) is 6.45. The van der Waals surface area contributed by atoms with Gasteiger partial charge in [-0.05, 0) is 31.9 Å². The van der Waals surface area contributed by atoms with E-state index in [1.807, 2.05) is 19.9 Å². The predicted octanol–water partition coefficient (Wildman–Crippen LogP) is 2.30. The van der Waals surface area contributed by atoms with Gasteiger partial charge in [0.05, 0.1) is 0 Å². The Morgan fingerprint density at radius 3 is 2.65 bits per heavy atom. The van der Waals surface area contributed by atoms with Crippen LogP contribution >= 0.6 is 24.0 Å². The fraction of sp³-hybridized carbons (Fsp3) is 0.417. The Morgan fingerprint density at radius 1 is 1.41 bits per heavy atom. The number of nitrogens with zero attached hydrogens (tertiary/aromatic N) is 1. The minimum absolute atomic E-state index is 0. The number of benzene rings is 1. The second-order valence-corrected chi connectivity index (χ2v) is 3.91. The first-order valence-corrected chi connectivity index (χ1v) is 5.39. The molecule has 0 heterocycles. The van der Waals surface area contributed by atoms with Crippen LogP contribution in [0.4, 0.5) is 4.39 Å². The van der Waals surface area contributed by atoms with Crippen molar-refractivity contribution in [2.45, 2.75) is 26.3 Å². The van der Waals surface area contributed by atoms with Crippen LogP contribution in [-0.2, 0) is 6.42 Å². The van der Waals surface area contributed by atoms with Crippen LogP contribution in [0.1, 0.15) is 19.4 Å². The van der Waals surface area contributed by atoms with Crippen LogP contribution in [0.15, 0.2) is 29.3 Å². The summed E-state index contributed by atoms with van der Waals surface area (Å²) in [6.07, 6.45) is 0.563. The molecule has 17 heavy (non-hydrogen) atoms. The smallest absolute Gasteiger partial charge is 0.188 e. The van der Waals surface area contributed by atoms with Gasteiger partial charge in [-0.15, -0.1) is 24.0 Å². The van der Waals surface area contributed by atoms with Crippen molar-refractivity contribution in [2.24, 2.45) is 10.7 Å². The van der Waals surface area contributed by atoms with Crippen molar-refractivity contribution in [1.29, 1.82) is 0 Å². The molecule has 0 unspecified atom stereocenters. The lowest BCUT2D eigenvalue weighted by molar-refractivity contribution is 0.609. The van der Waals surface area contributed by atoms with Gasteiger partial charge in [0.1, 0.15) is 5.82 Å². The quantitative estimate of drug-likeness (QED) is 0.497. The van der Waals surface area contributed by atoms with Crippen LogP contribution < -0.4 is 11.1 Å². The molecular formula is C12H19FIN3. The zero-order valence-electron chi connectivity index (χ0n) is 10.1. The molecular weight excluding hydrogens is 332 g/mol. The third-order valence-electron chi connectivity index (χ3n) is 2.06. The topological polar surface area (TPSA) is 50.4 Å². The molecule has 1 aromatic carbocycles. The van der Waals surface area contributed by atoms with Crippen molar-refractivity contribution in [3.63, 3.8) is 0 Å². The highest BCUT2D eigenvalue weighted by Gasteiger charge is 1.99. The molecule has 0 aliphatic heterocycles. The highest BCUT2D eigenvalue weighted by molar-refractivity contribution is 14.0. The van der Waals surface area contributed by atoms with Crippen molar-refractivity contribution < 1.29 is 4.39 Å². The van der Waals surface area contributed by atoms with Gasteiger partial charge in [-0.1, -0.05) is 18.2 Å². The lowest BCUT2D eigenvalue weighted by Gasteiger charge is -2.08. The lowest BCUT2D eigenvalue weighted by Crippen LogP contribution is -2.36. The summed E-state index contributed by atoms with van der Waals surface area (Å²) in [6, 6.07) is 6.97. The molecule has 3 nitrogen and oxygen atoms in total. The average Bonchev–Trinajstić information content (AvgIpc) is 2.19. The molecule has 3 N–H and O–H groups in total. The fourth-order valence-corrected chi connectivity index (χ4v) is 1.34. The zero-order valence-corrected chi connectivity index (χ0v) is 12.4. The van der Waals surface area contributed by atoms with Crippen LogP contribution in [-0.4, -0.2) is 18.5 Å². The Labute approximate surface area is 119 Å². The summed E-state index contributed by atoms with van der Waals surface area (Å²) in [4.78, 5) is 4.12. The van der Waals surface area contributed by atoms with Gasteiger partial charge in [0.25, 0.3) is 0 Å². The molecule has 0 saturated heterocycles. The van der Waals surface area contributed by atoms with Crippen LogP contribution in [0.5, 0.6) is 0 Å². The minimum Gasteiger partial charge on any atom is -0.370 e. The number of halogens is 2. The molecule has 0 aliphatic rings. The van der Waals surface area contributed by atoms with Crippen LogP contribution in [0.3, 0.4) is 0 Å². The summed E-state index contributed by atoms with van der Waals surface area (Å²) in [6.45, 7) is 4.46. The molecule has 0 saturated carbocycles. The van der Waals surface area contributed by atoms with Crippen LogP contribution in [0.25, 0.3) is 0 Å². The molecule has 0 amide bonds. The maximum Gasteiger partial charge on any atom is 0.188 e. The lowest BCUT2D eigenvalue weighted by atomic mass is 10.1. The molecule has 0 fully saturated rings. The van der Waals surface area contributed by atoms with Gasteiger partial charge in [0.2, 0.25) is 0 Å². The van der Waals surface area contributed by atoms with E-state index in [2.05, 4.69) is 10.3 Å². The van der Waals surface area contributed by atoms with Gasteiger partial charge in [-0.2, -0.15) is 0 Å². The van der Waals surface area contributed by atoms with E-state index in [1.165, 1.54) is 6.07 Å². The Morgan fingerprint density at radius 2 is 2.06 bits per heavy atom. The first-order chi connectivity index (χ1) is 7.59. The van der Waals surface area contributed by atoms with Gasteiger partial charge >= 0.3 is 0 Å². The number of nitrogens with one attached hydrogen (secondary N) is 1.